The van der Waals surface area contributed by atoms with E-state index in [1.165, 1.54) is 18.1 Å². The fourth-order valence-electron chi connectivity index (χ4n) is 2.50. The summed E-state index contributed by atoms with van der Waals surface area (Å²) in [6.07, 6.45) is 1.39. The molecule has 6 heteroatoms. The maximum atomic E-state index is 13.6. The number of halogens is 2. The molecule has 1 aliphatic heterocycles. The van der Waals surface area contributed by atoms with Crippen molar-refractivity contribution in [2.24, 2.45) is 5.92 Å². The predicted molar refractivity (Wildman–Crippen MR) is 76.8 cm³/mol. The second-order valence-corrected chi connectivity index (χ2v) is 5.60. The number of piperidine rings is 1. The van der Waals surface area contributed by atoms with Crippen LogP contribution in [0.1, 0.15) is 28.8 Å². The van der Waals surface area contributed by atoms with Crippen molar-refractivity contribution in [1.29, 1.82) is 0 Å². The number of ether oxygens (including phenoxy) is 1. The van der Waals surface area contributed by atoms with E-state index in [4.69, 9.17) is 16.3 Å². The molecule has 0 N–H and O–H groups in total. The van der Waals surface area contributed by atoms with Gasteiger partial charge in [0.05, 0.1) is 23.6 Å². The van der Waals surface area contributed by atoms with E-state index in [0.717, 1.165) is 6.07 Å². The second-order valence-electron chi connectivity index (χ2n) is 5.19. The first-order chi connectivity index (χ1) is 9.93. The van der Waals surface area contributed by atoms with E-state index in [1.54, 1.807) is 6.92 Å². The standard InChI is InChI=1S/C15H17ClFNO3/c1-9-6-12(16)11(7-13(9)17)14(19)18-5-3-4-10(8-18)15(20)21-2/h6-7,10H,3-5,8H2,1-2H3. The lowest BCUT2D eigenvalue weighted by Crippen LogP contribution is -2.42. The van der Waals surface area contributed by atoms with E-state index in [0.29, 0.717) is 24.9 Å². The van der Waals surface area contributed by atoms with Gasteiger partial charge in [0.1, 0.15) is 5.82 Å². The Morgan fingerprint density at radius 2 is 2.14 bits per heavy atom. The Bertz CT molecular complexity index is 576. The number of esters is 1. The van der Waals surface area contributed by atoms with Crippen molar-refractivity contribution >= 4 is 23.5 Å². The van der Waals surface area contributed by atoms with Gasteiger partial charge in [-0.1, -0.05) is 11.6 Å². The van der Waals surface area contributed by atoms with Crippen LogP contribution in [0.5, 0.6) is 0 Å². The fraction of sp³-hybridized carbons (Fsp3) is 0.467. The van der Waals surface area contributed by atoms with Crippen LogP contribution in [-0.2, 0) is 9.53 Å². The fourth-order valence-corrected chi connectivity index (χ4v) is 2.80. The number of methoxy groups -OCH3 is 1. The van der Waals surface area contributed by atoms with Gasteiger partial charge in [-0.2, -0.15) is 0 Å². The van der Waals surface area contributed by atoms with Gasteiger partial charge < -0.3 is 9.64 Å². The van der Waals surface area contributed by atoms with Crippen LogP contribution in [-0.4, -0.2) is 37.0 Å². The molecule has 1 saturated heterocycles. The number of amides is 1. The molecule has 0 saturated carbocycles. The van der Waals surface area contributed by atoms with Crippen LogP contribution < -0.4 is 0 Å². The van der Waals surface area contributed by atoms with Crippen LogP contribution in [0.3, 0.4) is 0 Å². The number of rotatable bonds is 2. The Morgan fingerprint density at radius 3 is 2.81 bits per heavy atom. The van der Waals surface area contributed by atoms with Gasteiger partial charge in [-0.15, -0.1) is 0 Å². The Morgan fingerprint density at radius 1 is 1.43 bits per heavy atom. The van der Waals surface area contributed by atoms with Crippen molar-refractivity contribution in [1.82, 2.24) is 4.90 Å². The molecular formula is C15H17ClFNO3. The zero-order valence-corrected chi connectivity index (χ0v) is 12.7. The van der Waals surface area contributed by atoms with Crippen LogP contribution >= 0.6 is 11.6 Å². The zero-order chi connectivity index (χ0) is 15.6. The third kappa shape index (κ3) is 3.35. The normalized spacial score (nSPS) is 18.5. The number of aryl methyl sites for hydroxylation is 1. The highest BCUT2D eigenvalue weighted by Gasteiger charge is 2.30. The molecule has 1 aliphatic rings. The Hall–Kier alpha value is -1.62. The molecule has 4 nitrogen and oxygen atoms in total. The molecule has 1 unspecified atom stereocenters. The molecule has 2 rings (SSSR count). The molecule has 1 aromatic carbocycles. The molecule has 21 heavy (non-hydrogen) atoms. The average Bonchev–Trinajstić information content (AvgIpc) is 2.49. The van der Waals surface area contributed by atoms with E-state index >= 15 is 0 Å². The van der Waals surface area contributed by atoms with Crippen LogP contribution in [0.2, 0.25) is 5.02 Å². The van der Waals surface area contributed by atoms with Gasteiger partial charge in [0.25, 0.3) is 5.91 Å². The minimum absolute atomic E-state index is 0.130. The van der Waals surface area contributed by atoms with E-state index in [-0.39, 0.29) is 34.9 Å². The molecule has 0 bridgehead atoms. The van der Waals surface area contributed by atoms with Crippen molar-refractivity contribution in [3.8, 4) is 0 Å². The zero-order valence-electron chi connectivity index (χ0n) is 12.0. The Labute approximate surface area is 127 Å². The van der Waals surface area contributed by atoms with Gasteiger partial charge in [0.2, 0.25) is 0 Å². The van der Waals surface area contributed by atoms with Gasteiger partial charge in [-0.25, -0.2) is 4.39 Å². The van der Waals surface area contributed by atoms with Gasteiger partial charge in [-0.05, 0) is 37.5 Å². The summed E-state index contributed by atoms with van der Waals surface area (Å²) >= 11 is 6.04. The molecule has 0 aliphatic carbocycles. The summed E-state index contributed by atoms with van der Waals surface area (Å²) in [6, 6.07) is 2.59. The molecule has 0 radical (unpaired) electrons. The number of hydrogen-bond acceptors (Lipinski definition) is 3. The van der Waals surface area contributed by atoms with E-state index < -0.39 is 5.82 Å². The highest BCUT2D eigenvalue weighted by atomic mass is 35.5. The van der Waals surface area contributed by atoms with E-state index in [1.807, 2.05) is 0 Å². The summed E-state index contributed by atoms with van der Waals surface area (Å²) in [5.74, 6) is -1.48. The molecule has 1 fully saturated rings. The molecule has 0 spiro atoms. The molecule has 1 heterocycles. The summed E-state index contributed by atoms with van der Waals surface area (Å²) in [7, 11) is 1.33. The van der Waals surface area contributed by atoms with Crippen molar-refractivity contribution in [3.05, 3.63) is 34.1 Å². The van der Waals surface area contributed by atoms with Crippen LogP contribution in [0.25, 0.3) is 0 Å². The SMILES string of the molecule is COC(=O)C1CCCN(C(=O)c2cc(F)c(C)cc2Cl)C1. The summed E-state index contributed by atoms with van der Waals surface area (Å²) in [5.41, 5.74) is 0.521. The lowest BCUT2D eigenvalue weighted by Gasteiger charge is -2.31. The maximum Gasteiger partial charge on any atom is 0.310 e. The molecule has 0 aromatic heterocycles. The van der Waals surface area contributed by atoms with E-state index in [9.17, 15) is 14.0 Å². The quantitative estimate of drug-likeness (QED) is 0.789. The highest BCUT2D eigenvalue weighted by molar-refractivity contribution is 6.33. The molecule has 114 valence electrons. The number of carbonyl (C=O) groups excluding carboxylic acids is 2. The van der Waals surface area contributed by atoms with Gasteiger partial charge in [-0.3, -0.25) is 9.59 Å². The minimum atomic E-state index is -0.468. The third-order valence-corrected chi connectivity index (χ3v) is 4.03. The average molecular weight is 314 g/mol. The molecule has 1 aromatic rings. The topological polar surface area (TPSA) is 46.6 Å². The smallest absolute Gasteiger partial charge is 0.310 e. The van der Waals surface area contributed by atoms with Gasteiger partial charge in [0, 0.05) is 13.1 Å². The van der Waals surface area contributed by atoms with Crippen LogP contribution in [0.15, 0.2) is 12.1 Å². The first-order valence-corrected chi connectivity index (χ1v) is 7.14. The second kappa shape index (κ2) is 6.43. The van der Waals surface area contributed by atoms with Gasteiger partial charge in [0.15, 0.2) is 0 Å². The number of benzene rings is 1. The molecule has 1 atom stereocenters. The summed E-state index contributed by atoms with van der Waals surface area (Å²) in [4.78, 5) is 25.6. The lowest BCUT2D eigenvalue weighted by atomic mass is 9.97. The minimum Gasteiger partial charge on any atom is -0.469 e. The highest BCUT2D eigenvalue weighted by Crippen LogP contribution is 2.25. The largest absolute Gasteiger partial charge is 0.469 e. The number of nitrogens with zero attached hydrogens (tertiary/aromatic N) is 1. The Kier molecular flexibility index (Phi) is 4.83. The lowest BCUT2D eigenvalue weighted by molar-refractivity contribution is -0.146. The number of hydrogen-bond donors (Lipinski definition) is 0. The number of carbonyl (C=O) groups is 2. The maximum absolute atomic E-state index is 13.6. The van der Waals surface area contributed by atoms with Crippen molar-refractivity contribution in [2.75, 3.05) is 20.2 Å². The van der Waals surface area contributed by atoms with Crippen molar-refractivity contribution < 1.29 is 18.7 Å². The third-order valence-electron chi connectivity index (χ3n) is 3.72. The first-order valence-electron chi connectivity index (χ1n) is 6.76. The van der Waals surface area contributed by atoms with Gasteiger partial charge >= 0.3 is 5.97 Å². The summed E-state index contributed by atoms with van der Waals surface area (Å²) in [5, 5.41) is 0.221. The van der Waals surface area contributed by atoms with Crippen molar-refractivity contribution in [2.45, 2.75) is 19.8 Å². The molecular weight excluding hydrogens is 297 g/mol. The van der Waals surface area contributed by atoms with Crippen molar-refractivity contribution in [3.63, 3.8) is 0 Å². The first kappa shape index (κ1) is 15.8. The predicted octanol–water partition coefficient (Wildman–Crippen LogP) is 2.81. The Balaban J connectivity index is 2.20. The summed E-state index contributed by atoms with van der Waals surface area (Å²) < 4.78 is 18.4. The number of likely N-dealkylation sites (tertiary alicyclic amines) is 1. The van der Waals surface area contributed by atoms with E-state index in [2.05, 4.69) is 0 Å². The van der Waals surface area contributed by atoms with Crippen LogP contribution in [0.4, 0.5) is 4.39 Å². The molecule has 1 amide bonds. The van der Waals surface area contributed by atoms with Crippen LogP contribution in [0, 0.1) is 18.7 Å². The monoisotopic (exact) mass is 313 g/mol. The summed E-state index contributed by atoms with van der Waals surface area (Å²) in [6.45, 7) is 2.39.